The lowest BCUT2D eigenvalue weighted by molar-refractivity contribution is -0.120. The number of nitrogens with one attached hydrogen (secondary N) is 1. The average molecular weight is 232 g/mol. The summed E-state index contributed by atoms with van der Waals surface area (Å²) in [6, 6.07) is 7.99. The second-order valence-corrected chi connectivity index (χ2v) is 5.57. The third kappa shape index (κ3) is 3.07. The second kappa shape index (κ2) is 4.49. The van der Waals surface area contributed by atoms with E-state index in [0.29, 0.717) is 0 Å². The minimum absolute atomic E-state index is 0.0627. The van der Waals surface area contributed by atoms with Crippen LogP contribution in [0.3, 0.4) is 0 Å². The van der Waals surface area contributed by atoms with Crippen LogP contribution < -0.4 is 11.1 Å². The highest BCUT2D eigenvalue weighted by molar-refractivity contribution is 5.95. The van der Waals surface area contributed by atoms with Gasteiger partial charge in [0, 0.05) is 17.1 Å². The van der Waals surface area contributed by atoms with Gasteiger partial charge in [-0.05, 0) is 44.7 Å². The molecule has 0 saturated heterocycles. The van der Waals surface area contributed by atoms with E-state index in [4.69, 9.17) is 5.73 Å². The molecule has 3 heteroatoms. The van der Waals surface area contributed by atoms with E-state index in [2.05, 4.69) is 11.4 Å². The predicted octanol–water partition coefficient (Wildman–Crippen LogP) is 2.31. The summed E-state index contributed by atoms with van der Waals surface area (Å²) in [5, 5.41) is 2.97. The molecule has 0 radical (unpaired) electrons. The molecule has 3 nitrogen and oxygen atoms in total. The Morgan fingerprint density at radius 3 is 2.82 bits per heavy atom. The summed E-state index contributed by atoms with van der Waals surface area (Å²) in [7, 11) is 0. The van der Waals surface area contributed by atoms with Gasteiger partial charge in [-0.15, -0.1) is 0 Å². The maximum absolute atomic E-state index is 11.9. The Bertz CT molecular complexity index is 420. The number of carbonyl (C=O) groups excluding carboxylic acids is 1. The number of benzene rings is 1. The average Bonchev–Trinajstić information content (AvgIpc) is 2.25. The van der Waals surface area contributed by atoms with E-state index in [1.54, 1.807) is 0 Å². The Morgan fingerprint density at radius 2 is 2.12 bits per heavy atom. The Kier molecular flexibility index (Phi) is 3.20. The Balaban J connectivity index is 2.05. The van der Waals surface area contributed by atoms with Crippen molar-refractivity contribution in [3.05, 3.63) is 29.8 Å². The number of amides is 1. The van der Waals surface area contributed by atoms with Crippen LogP contribution in [0.4, 0.5) is 5.69 Å². The number of carbonyl (C=O) groups is 1. The van der Waals surface area contributed by atoms with E-state index in [0.717, 1.165) is 24.9 Å². The zero-order valence-electron chi connectivity index (χ0n) is 10.5. The standard InChI is InChI=1S/C14H20N2O/c1-14(2,15)8-7-11-9-10-5-3-4-6-12(10)16-13(11)17/h3-6,11H,7-9,15H2,1-2H3,(H,16,17). The van der Waals surface area contributed by atoms with E-state index < -0.39 is 0 Å². The molecule has 3 N–H and O–H groups in total. The lowest BCUT2D eigenvalue weighted by Crippen LogP contribution is -2.35. The van der Waals surface area contributed by atoms with Crippen LogP contribution in [0.15, 0.2) is 24.3 Å². The van der Waals surface area contributed by atoms with Gasteiger partial charge in [0.1, 0.15) is 0 Å². The molecule has 0 aliphatic carbocycles. The SMILES string of the molecule is CC(C)(N)CCC1Cc2ccccc2NC1=O. The van der Waals surface area contributed by atoms with Gasteiger partial charge >= 0.3 is 0 Å². The van der Waals surface area contributed by atoms with Gasteiger partial charge < -0.3 is 11.1 Å². The first-order valence-corrected chi connectivity index (χ1v) is 6.13. The van der Waals surface area contributed by atoms with Crippen molar-refractivity contribution in [2.45, 2.75) is 38.6 Å². The summed E-state index contributed by atoms with van der Waals surface area (Å²) < 4.78 is 0. The van der Waals surface area contributed by atoms with Gasteiger partial charge in [0.2, 0.25) is 5.91 Å². The minimum Gasteiger partial charge on any atom is -0.326 e. The zero-order valence-corrected chi connectivity index (χ0v) is 10.5. The van der Waals surface area contributed by atoms with Crippen molar-refractivity contribution >= 4 is 11.6 Å². The highest BCUT2D eigenvalue weighted by Crippen LogP contribution is 2.28. The topological polar surface area (TPSA) is 55.1 Å². The van der Waals surface area contributed by atoms with Gasteiger partial charge in [0.05, 0.1) is 0 Å². The fraction of sp³-hybridized carbons (Fsp3) is 0.500. The smallest absolute Gasteiger partial charge is 0.227 e. The maximum atomic E-state index is 11.9. The summed E-state index contributed by atoms with van der Waals surface area (Å²) in [4.78, 5) is 11.9. The monoisotopic (exact) mass is 232 g/mol. The highest BCUT2D eigenvalue weighted by Gasteiger charge is 2.26. The van der Waals surface area contributed by atoms with Crippen LogP contribution in [0.5, 0.6) is 0 Å². The molecule has 1 heterocycles. The van der Waals surface area contributed by atoms with E-state index in [1.807, 2.05) is 32.0 Å². The highest BCUT2D eigenvalue weighted by atomic mass is 16.1. The zero-order chi connectivity index (χ0) is 12.5. The third-order valence-electron chi connectivity index (χ3n) is 3.25. The number of para-hydroxylation sites is 1. The first-order valence-electron chi connectivity index (χ1n) is 6.13. The van der Waals surface area contributed by atoms with Crippen molar-refractivity contribution in [2.75, 3.05) is 5.32 Å². The Hall–Kier alpha value is -1.35. The van der Waals surface area contributed by atoms with Crippen LogP contribution in [0, 0.1) is 5.92 Å². The molecule has 0 saturated carbocycles. The van der Waals surface area contributed by atoms with E-state index in [9.17, 15) is 4.79 Å². The van der Waals surface area contributed by atoms with Gasteiger partial charge in [-0.3, -0.25) is 4.79 Å². The van der Waals surface area contributed by atoms with E-state index >= 15 is 0 Å². The molecule has 1 atom stereocenters. The number of anilines is 1. The molecule has 0 aromatic heterocycles. The number of hydrogen-bond acceptors (Lipinski definition) is 2. The fourth-order valence-electron chi connectivity index (χ4n) is 2.19. The quantitative estimate of drug-likeness (QED) is 0.840. The summed E-state index contributed by atoms with van der Waals surface area (Å²) in [5.74, 6) is 0.195. The summed E-state index contributed by atoms with van der Waals surface area (Å²) in [6.07, 6.45) is 2.55. The first-order chi connectivity index (χ1) is 7.96. The van der Waals surface area contributed by atoms with Gasteiger partial charge in [0.25, 0.3) is 0 Å². The number of rotatable bonds is 3. The summed E-state index contributed by atoms with van der Waals surface area (Å²) in [6.45, 7) is 4.00. The van der Waals surface area contributed by atoms with Gasteiger partial charge in [-0.25, -0.2) is 0 Å². The van der Waals surface area contributed by atoms with Crippen molar-refractivity contribution in [3.8, 4) is 0 Å². The van der Waals surface area contributed by atoms with Crippen molar-refractivity contribution in [2.24, 2.45) is 11.7 Å². The lowest BCUT2D eigenvalue weighted by Gasteiger charge is -2.27. The molecule has 1 aromatic rings. The third-order valence-corrected chi connectivity index (χ3v) is 3.25. The second-order valence-electron chi connectivity index (χ2n) is 5.57. The number of hydrogen-bond donors (Lipinski definition) is 2. The first kappa shape index (κ1) is 12.1. The van der Waals surface area contributed by atoms with Crippen molar-refractivity contribution in [3.63, 3.8) is 0 Å². The normalized spacial score (nSPS) is 19.7. The molecule has 2 rings (SSSR count). The number of nitrogens with two attached hydrogens (primary N) is 1. The summed E-state index contributed by atoms with van der Waals surface area (Å²) >= 11 is 0. The molecule has 92 valence electrons. The fourth-order valence-corrected chi connectivity index (χ4v) is 2.19. The van der Waals surface area contributed by atoms with Crippen LogP contribution in [0.25, 0.3) is 0 Å². The number of fused-ring (bicyclic) bond motifs is 1. The molecule has 1 aliphatic rings. The van der Waals surface area contributed by atoms with Crippen molar-refractivity contribution in [1.29, 1.82) is 0 Å². The molecular weight excluding hydrogens is 212 g/mol. The largest absolute Gasteiger partial charge is 0.326 e. The molecule has 17 heavy (non-hydrogen) atoms. The Morgan fingerprint density at radius 1 is 1.41 bits per heavy atom. The Labute approximate surface area is 102 Å². The molecule has 1 aliphatic heterocycles. The van der Waals surface area contributed by atoms with Gasteiger partial charge in [0.15, 0.2) is 0 Å². The predicted molar refractivity (Wildman–Crippen MR) is 69.8 cm³/mol. The molecule has 0 bridgehead atoms. The maximum Gasteiger partial charge on any atom is 0.227 e. The van der Waals surface area contributed by atoms with Gasteiger partial charge in [-0.2, -0.15) is 0 Å². The van der Waals surface area contributed by atoms with Crippen LogP contribution in [0.2, 0.25) is 0 Å². The van der Waals surface area contributed by atoms with Crippen molar-refractivity contribution < 1.29 is 4.79 Å². The van der Waals surface area contributed by atoms with Crippen molar-refractivity contribution in [1.82, 2.24) is 0 Å². The van der Waals surface area contributed by atoms with E-state index in [-0.39, 0.29) is 17.4 Å². The molecule has 1 amide bonds. The summed E-state index contributed by atoms with van der Waals surface area (Å²) in [5.41, 5.74) is 7.95. The molecular formula is C14H20N2O. The van der Waals surface area contributed by atoms with Gasteiger partial charge in [-0.1, -0.05) is 18.2 Å². The molecule has 1 aromatic carbocycles. The van der Waals surface area contributed by atoms with Crippen LogP contribution in [-0.4, -0.2) is 11.4 Å². The van der Waals surface area contributed by atoms with Crippen LogP contribution in [0.1, 0.15) is 32.3 Å². The lowest BCUT2D eigenvalue weighted by atomic mass is 9.86. The molecule has 0 spiro atoms. The van der Waals surface area contributed by atoms with Crippen LogP contribution in [-0.2, 0) is 11.2 Å². The van der Waals surface area contributed by atoms with E-state index in [1.165, 1.54) is 5.56 Å². The molecule has 0 fully saturated rings. The minimum atomic E-state index is -0.197. The molecule has 1 unspecified atom stereocenters. The van der Waals surface area contributed by atoms with Crippen LogP contribution >= 0.6 is 0 Å².